The van der Waals surface area contributed by atoms with Gasteiger partial charge in [-0.2, -0.15) is 5.10 Å². The molecule has 152 valence electrons. The van der Waals surface area contributed by atoms with Gasteiger partial charge in [0.25, 0.3) is 5.91 Å². The summed E-state index contributed by atoms with van der Waals surface area (Å²) in [5.74, 6) is 0.461. The molecule has 2 aliphatic rings. The molecular formula is C21H22ClN3O3S. The third kappa shape index (κ3) is 3.46. The number of rotatable bonds is 3. The van der Waals surface area contributed by atoms with E-state index >= 15 is 0 Å². The number of carbonyl (C=O) groups excluding carboxylic acids is 1. The normalized spacial score (nSPS) is 18.8. The van der Waals surface area contributed by atoms with Gasteiger partial charge in [-0.05, 0) is 38.0 Å². The standard InChI is InChI=1S/C21H22ClN3O3S/c1-13-15-12-18(29-20(15)25(23-13)17-5-3-2-4-16(17)22)19(26)24-8-6-14(7-9-24)21-27-10-11-28-21/h2-5,12,14,21H,6-11H2,1H3. The van der Waals surface area contributed by atoms with Crippen LogP contribution in [0.1, 0.15) is 28.2 Å². The van der Waals surface area contributed by atoms with Crippen molar-refractivity contribution in [1.29, 1.82) is 0 Å². The summed E-state index contributed by atoms with van der Waals surface area (Å²) >= 11 is 7.85. The number of hydrogen-bond donors (Lipinski definition) is 0. The van der Waals surface area contributed by atoms with Gasteiger partial charge >= 0.3 is 0 Å². The Labute approximate surface area is 178 Å². The molecule has 0 aliphatic carbocycles. The summed E-state index contributed by atoms with van der Waals surface area (Å²) in [5, 5.41) is 6.27. The number of benzene rings is 1. The summed E-state index contributed by atoms with van der Waals surface area (Å²) in [6, 6.07) is 9.59. The first kappa shape index (κ1) is 19.1. The number of piperidine rings is 1. The lowest BCUT2D eigenvalue weighted by atomic mass is 9.96. The van der Waals surface area contributed by atoms with Crippen LogP contribution in [0.25, 0.3) is 15.9 Å². The van der Waals surface area contributed by atoms with E-state index < -0.39 is 0 Å². The number of likely N-dealkylation sites (tertiary alicyclic amines) is 1. The van der Waals surface area contributed by atoms with E-state index in [1.807, 2.05) is 46.8 Å². The van der Waals surface area contributed by atoms with Gasteiger partial charge in [-0.1, -0.05) is 23.7 Å². The molecule has 0 bridgehead atoms. The second-order valence-corrected chi connectivity index (χ2v) is 8.96. The first-order valence-electron chi connectivity index (χ1n) is 9.88. The average Bonchev–Trinajstić information content (AvgIpc) is 3.47. The van der Waals surface area contributed by atoms with Crippen molar-refractivity contribution < 1.29 is 14.3 Å². The number of thiophene rings is 1. The Morgan fingerprint density at radius 3 is 2.66 bits per heavy atom. The molecule has 2 aliphatic heterocycles. The predicted octanol–water partition coefficient (Wildman–Crippen LogP) is 4.27. The van der Waals surface area contributed by atoms with Crippen LogP contribution in [-0.4, -0.2) is 53.2 Å². The van der Waals surface area contributed by atoms with Crippen molar-refractivity contribution in [3.63, 3.8) is 0 Å². The number of aryl methyl sites for hydroxylation is 1. The number of nitrogens with zero attached hydrogens (tertiary/aromatic N) is 3. The molecule has 2 fully saturated rings. The summed E-state index contributed by atoms with van der Waals surface area (Å²) in [6.45, 7) is 4.78. The number of carbonyl (C=O) groups is 1. The van der Waals surface area contributed by atoms with Gasteiger partial charge in [0.2, 0.25) is 0 Å². The van der Waals surface area contributed by atoms with Gasteiger partial charge in [-0.25, -0.2) is 4.68 Å². The topological polar surface area (TPSA) is 56.6 Å². The molecule has 0 atom stereocenters. The minimum atomic E-state index is -0.0965. The molecule has 4 heterocycles. The monoisotopic (exact) mass is 431 g/mol. The van der Waals surface area contributed by atoms with Crippen LogP contribution in [0.15, 0.2) is 30.3 Å². The molecule has 0 spiro atoms. The number of para-hydroxylation sites is 1. The third-order valence-corrected chi connectivity index (χ3v) is 7.11. The van der Waals surface area contributed by atoms with Crippen molar-refractivity contribution in [2.75, 3.05) is 26.3 Å². The largest absolute Gasteiger partial charge is 0.350 e. The molecule has 5 rings (SSSR count). The van der Waals surface area contributed by atoms with E-state index in [4.69, 9.17) is 21.1 Å². The molecule has 0 N–H and O–H groups in total. The van der Waals surface area contributed by atoms with Crippen molar-refractivity contribution >= 4 is 39.1 Å². The molecule has 2 aromatic heterocycles. The molecule has 8 heteroatoms. The third-order valence-electron chi connectivity index (χ3n) is 5.70. The highest BCUT2D eigenvalue weighted by Crippen LogP contribution is 2.34. The van der Waals surface area contributed by atoms with Gasteiger partial charge < -0.3 is 14.4 Å². The van der Waals surface area contributed by atoms with E-state index in [0.29, 0.717) is 24.2 Å². The molecule has 2 saturated heterocycles. The summed E-state index contributed by atoms with van der Waals surface area (Å²) in [6.07, 6.45) is 1.72. The van der Waals surface area contributed by atoms with E-state index in [9.17, 15) is 4.79 Å². The zero-order valence-electron chi connectivity index (χ0n) is 16.1. The zero-order chi connectivity index (χ0) is 20.0. The van der Waals surface area contributed by atoms with Crippen LogP contribution in [0.4, 0.5) is 0 Å². The molecule has 0 unspecified atom stereocenters. The Balaban J connectivity index is 1.38. The van der Waals surface area contributed by atoms with Crippen LogP contribution in [0.2, 0.25) is 5.02 Å². The SMILES string of the molecule is Cc1nn(-c2ccccc2Cl)c2sc(C(=O)N3CCC(C4OCCO4)CC3)cc12. The molecular weight excluding hydrogens is 410 g/mol. The van der Waals surface area contributed by atoms with Gasteiger partial charge in [0.1, 0.15) is 4.83 Å². The van der Waals surface area contributed by atoms with E-state index in [1.165, 1.54) is 11.3 Å². The Morgan fingerprint density at radius 1 is 1.21 bits per heavy atom. The summed E-state index contributed by atoms with van der Waals surface area (Å²) in [5.41, 5.74) is 1.72. The quantitative estimate of drug-likeness (QED) is 0.621. The average molecular weight is 432 g/mol. The van der Waals surface area contributed by atoms with Crippen molar-refractivity contribution in [2.45, 2.75) is 26.1 Å². The Bertz CT molecular complexity index is 1050. The van der Waals surface area contributed by atoms with Crippen molar-refractivity contribution in [3.05, 3.63) is 45.9 Å². The van der Waals surface area contributed by atoms with Crippen molar-refractivity contribution in [3.8, 4) is 5.69 Å². The first-order chi connectivity index (χ1) is 14.1. The summed E-state index contributed by atoms with van der Waals surface area (Å²) < 4.78 is 13.1. The number of fused-ring (bicyclic) bond motifs is 1. The predicted molar refractivity (Wildman–Crippen MR) is 113 cm³/mol. The van der Waals surface area contributed by atoms with Gasteiger partial charge in [0.15, 0.2) is 6.29 Å². The smallest absolute Gasteiger partial charge is 0.264 e. The highest BCUT2D eigenvalue weighted by Gasteiger charge is 2.32. The highest BCUT2D eigenvalue weighted by atomic mass is 35.5. The lowest BCUT2D eigenvalue weighted by molar-refractivity contribution is -0.0955. The zero-order valence-corrected chi connectivity index (χ0v) is 17.7. The number of aromatic nitrogens is 2. The Kier molecular flexibility index (Phi) is 5.07. The number of amides is 1. The highest BCUT2D eigenvalue weighted by molar-refractivity contribution is 7.20. The second-order valence-electron chi connectivity index (χ2n) is 7.52. The summed E-state index contributed by atoms with van der Waals surface area (Å²) in [4.78, 5) is 16.8. The minimum absolute atomic E-state index is 0.0861. The van der Waals surface area contributed by atoms with Crippen molar-refractivity contribution in [2.24, 2.45) is 5.92 Å². The van der Waals surface area contributed by atoms with Crippen molar-refractivity contribution in [1.82, 2.24) is 14.7 Å². The fourth-order valence-corrected chi connectivity index (χ4v) is 5.48. The van der Waals surface area contributed by atoms with Gasteiger partial charge in [0, 0.05) is 24.4 Å². The first-order valence-corrected chi connectivity index (χ1v) is 11.1. The molecule has 29 heavy (non-hydrogen) atoms. The Morgan fingerprint density at radius 2 is 1.93 bits per heavy atom. The Hall–Kier alpha value is -1.93. The van der Waals surface area contributed by atoms with Crippen LogP contribution >= 0.6 is 22.9 Å². The molecule has 0 saturated carbocycles. The molecule has 1 amide bonds. The van der Waals surface area contributed by atoms with E-state index in [0.717, 1.165) is 52.4 Å². The minimum Gasteiger partial charge on any atom is -0.350 e. The van der Waals surface area contributed by atoms with Gasteiger partial charge in [0.05, 0.1) is 34.5 Å². The van der Waals surface area contributed by atoms with Gasteiger partial charge in [-0.15, -0.1) is 11.3 Å². The number of hydrogen-bond acceptors (Lipinski definition) is 5. The van der Waals surface area contributed by atoms with Crippen LogP contribution in [-0.2, 0) is 9.47 Å². The van der Waals surface area contributed by atoms with Crippen LogP contribution in [0.3, 0.4) is 0 Å². The maximum absolute atomic E-state index is 13.1. The lowest BCUT2D eigenvalue weighted by Gasteiger charge is -2.33. The van der Waals surface area contributed by atoms with E-state index in [1.54, 1.807) is 0 Å². The number of halogens is 1. The fraction of sp³-hybridized carbons (Fsp3) is 0.429. The molecule has 0 radical (unpaired) electrons. The van der Waals surface area contributed by atoms with E-state index in [-0.39, 0.29) is 12.2 Å². The molecule has 6 nitrogen and oxygen atoms in total. The fourth-order valence-electron chi connectivity index (χ4n) is 4.12. The van der Waals surface area contributed by atoms with Crippen LogP contribution in [0.5, 0.6) is 0 Å². The molecule has 3 aromatic rings. The molecule has 1 aromatic carbocycles. The van der Waals surface area contributed by atoms with Crippen LogP contribution < -0.4 is 0 Å². The summed E-state index contributed by atoms with van der Waals surface area (Å²) in [7, 11) is 0. The number of ether oxygens (including phenoxy) is 2. The second kappa shape index (κ2) is 7.72. The maximum Gasteiger partial charge on any atom is 0.264 e. The van der Waals surface area contributed by atoms with Gasteiger partial charge in [-0.3, -0.25) is 4.79 Å². The van der Waals surface area contributed by atoms with E-state index in [2.05, 4.69) is 5.10 Å². The lowest BCUT2D eigenvalue weighted by Crippen LogP contribution is -2.41. The maximum atomic E-state index is 13.1. The van der Waals surface area contributed by atoms with Crippen LogP contribution in [0, 0.1) is 12.8 Å².